The van der Waals surface area contributed by atoms with Gasteiger partial charge in [0.15, 0.2) is 0 Å². The molecule has 4 N–H and O–H groups in total. The largest absolute Gasteiger partial charge is 0.507 e. The van der Waals surface area contributed by atoms with Crippen molar-refractivity contribution in [2.45, 2.75) is 4.90 Å². The quantitative estimate of drug-likeness (QED) is 0.737. The minimum atomic E-state index is -3.82. The second-order valence-electron chi connectivity index (χ2n) is 3.70. The van der Waals surface area contributed by atoms with Crippen LogP contribution in [0.5, 0.6) is 5.75 Å². The predicted molar refractivity (Wildman–Crippen MR) is 69.8 cm³/mol. The summed E-state index contributed by atoms with van der Waals surface area (Å²) in [7, 11) is -3.82. The zero-order valence-electron chi connectivity index (χ0n) is 9.37. The van der Waals surface area contributed by atoms with Crippen LogP contribution in [-0.4, -0.2) is 13.5 Å². The zero-order valence-corrected chi connectivity index (χ0v) is 10.2. The summed E-state index contributed by atoms with van der Waals surface area (Å²) in [4.78, 5) is -0.174. The van der Waals surface area contributed by atoms with Crippen molar-refractivity contribution in [1.82, 2.24) is 0 Å². The molecule has 0 radical (unpaired) electrons. The topological polar surface area (TPSA) is 92.4 Å². The number of benzene rings is 2. The SMILES string of the molecule is Nc1cccc(NS(=O)(=O)c2ccccc2O)c1. The van der Waals surface area contributed by atoms with Crippen LogP contribution in [0.4, 0.5) is 11.4 Å². The van der Waals surface area contributed by atoms with Gasteiger partial charge in [-0.3, -0.25) is 4.72 Å². The fourth-order valence-electron chi connectivity index (χ4n) is 1.50. The lowest BCUT2D eigenvalue weighted by Crippen LogP contribution is -2.13. The van der Waals surface area contributed by atoms with E-state index in [-0.39, 0.29) is 10.6 Å². The van der Waals surface area contributed by atoms with Crippen LogP contribution in [0.3, 0.4) is 0 Å². The highest BCUT2D eigenvalue weighted by molar-refractivity contribution is 7.92. The number of nitrogens with two attached hydrogens (primary N) is 1. The summed E-state index contributed by atoms with van der Waals surface area (Å²) in [6, 6.07) is 12.1. The maximum atomic E-state index is 12.0. The van der Waals surface area contributed by atoms with E-state index in [4.69, 9.17) is 5.73 Å². The molecule has 0 saturated heterocycles. The summed E-state index contributed by atoms with van der Waals surface area (Å²) in [5.41, 5.74) is 6.36. The van der Waals surface area contributed by atoms with Crippen LogP contribution >= 0.6 is 0 Å². The second kappa shape index (κ2) is 4.58. The highest BCUT2D eigenvalue weighted by Crippen LogP contribution is 2.24. The third-order valence-corrected chi connectivity index (χ3v) is 3.72. The first-order valence-corrected chi connectivity index (χ1v) is 6.64. The van der Waals surface area contributed by atoms with Crippen LogP contribution in [0.2, 0.25) is 0 Å². The third kappa shape index (κ3) is 2.54. The van der Waals surface area contributed by atoms with Gasteiger partial charge in [-0.25, -0.2) is 8.42 Å². The van der Waals surface area contributed by atoms with Crippen molar-refractivity contribution in [3.63, 3.8) is 0 Å². The fraction of sp³-hybridized carbons (Fsp3) is 0. The van der Waals surface area contributed by atoms with E-state index < -0.39 is 10.0 Å². The lowest BCUT2D eigenvalue weighted by Gasteiger charge is -2.09. The van der Waals surface area contributed by atoms with Gasteiger partial charge in [0.05, 0.1) is 5.69 Å². The molecule has 0 spiro atoms. The van der Waals surface area contributed by atoms with E-state index in [1.165, 1.54) is 24.3 Å². The maximum absolute atomic E-state index is 12.0. The summed E-state index contributed by atoms with van der Waals surface area (Å²) in [5, 5.41) is 9.53. The van der Waals surface area contributed by atoms with Crippen LogP contribution in [0.25, 0.3) is 0 Å². The van der Waals surface area contributed by atoms with Gasteiger partial charge < -0.3 is 10.8 Å². The van der Waals surface area contributed by atoms with Gasteiger partial charge in [0.2, 0.25) is 0 Å². The van der Waals surface area contributed by atoms with Gasteiger partial charge in [0.25, 0.3) is 10.0 Å². The van der Waals surface area contributed by atoms with E-state index in [0.29, 0.717) is 11.4 Å². The van der Waals surface area contributed by atoms with Crippen LogP contribution in [-0.2, 0) is 10.0 Å². The highest BCUT2D eigenvalue weighted by Gasteiger charge is 2.17. The Hall–Kier alpha value is -2.21. The lowest BCUT2D eigenvalue weighted by atomic mass is 10.3. The van der Waals surface area contributed by atoms with Crippen LogP contribution < -0.4 is 10.5 Å². The first-order valence-electron chi connectivity index (χ1n) is 5.15. The summed E-state index contributed by atoms with van der Waals surface area (Å²) < 4.78 is 26.4. The first-order chi connectivity index (χ1) is 8.49. The number of nitrogen functional groups attached to an aromatic ring is 1. The molecule has 0 aliphatic carbocycles. The molecule has 2 aromatic rings. The molecule has 0 bridgehead atoms. The minimum Gasteiger partial charge on any atom is -0.507 e. The molecule has 0 amide bonds. The number of sulfonamides is 1. The highest BCUT2D eigenvalue weighted by atomic mass is 32.2. The van der Waals surface area contributed by atoms with Crippen molar-refractivity contribution in [3.05, 3.63) is 48.5 Å². The molecule has 0 atom stereocenters. The summed E-state index contributed by atoms with van der Waals surface area (Å²) in [5.74, 6) is -0.297. The fourth-order valence-corrected chi connectivity index (χ4v) is 2.65. The number of rotatable bonds is 3. The maximum Gasteiger partial charge on any atom is 0.265 e. The summed E-state index contributed by atoms with van der Waals surface area (Å²) in [6.45, 7) is 0. The Kier molecular flexibility index (Phi) is 3.12. The van der Waals surface area contributed by atoms with E-state index in [1.54, 1.807) is 24.3 Å². The molecule has 0 saturated carbocycles. The Bertz CT molecular complexity index is 669. The number of aromatic hydroxyl groups is 1. The molecule has 0 aliphatic rings. The molecule has 5 nitrogen and oxygen atoms in total. The molecular formula is C12H12N2O3S. The zero-order chi connectivity index (χ0) is 13.2. The van der Waals surface area contributed by atoms with Crippen molar-refractivity contribution in [2.24, 2.45) is 0 Å². The Morgan fingerprint density at radius 1 is 1.06 bits per heavy atom. The third-order valence-electron chi connectivity index (χ3n) is 2.29. The standard InChI is InChI=1S/C12H12N2O3S/c13-9-4-3-5-10(8-9)14-18(16,17)12-7-2-1-6-11(12)15/h1-8,14-15H,13H2. The van der Waals surface area contributed by atoms with Crippen molar-refractivity contribution in [1.29, 1.82) is 0 Å². The number of anilines is 2. The number of phenolic OH excluding ortho intramolecular Hbond substituents is 1. The van der Waals surface area contributed by atoms with Crippen LogP contribution in [0.1, 0.15) is 0 Å². The van der Waals surface area contributed by atoms with E-state index in [2.05, 4.69) is 4.72 Å². The molecule has 0 unspecified atom stereocenters. The predicted octanol–water partition coefficient (Wildman–Crippen LogP) is 1.78. The van der Waals surface area contributed by atoms with Gasteiger partial charge in [0.1, 0.15) is 10.6 Å². The molecule has 0 fully saturated rings. The molecule has 0 aromatic heterocycles. The van der Waals surface area contributed by atoms with E-state index in [1.807, 2.05) is 0 Å². The first kappa shape index (κ1) is 12.3. The Morgan fingerprint density at radius 3 is 2.44 bits per heavy atom. The number of hydrogen-bond donors (Lipinski definition) is 3. The Morgan fingerprint density at radius 2 is 1.78 bits per heavy atom. The average molecular weight is 264 g/mol. The number of hydrogen-bond acceptors (Lipinski definition) is 4. The lowest BCUT2D eigenvalue weighted by molar-refractivity contribution is 0.459. The van der Waals surface area contributed by atoms with Crippen LogP contribution in [0.15, 0.2) is 53.4 Å². The number of nitrogens with one attached hydrogen (secondary N) is 1. The van der Waals surface area contributed by atoms with Crippen molar-refractivity contribution in [3.8, 4) is 5.75 Å². The second-order valence-corrected chi connectivity index (χ2v) is 5.35. The smallest absolute Gasteiger partial charge is 0.265 e. The van der Waals surface area contributed by atoms with E-state index in [0.717, 1.165) is 0 Å². The molecule has 0 aliphatic heterocycles. The summed E-state index contributed by atoms with van der Waals surface area (Å²) >= 11 is 0. The van der Waals surface area contributed by atoms with Crippen molar-refractivity contribution >= 4 is 21.4 Å². The van der Waals surface area contributed by atoms with Gasteiger partial charge in [0, 0.05) is 5.69 Å². The average Bonchev–Trinajstić information content (AvgIpc) is 2.28. The molecule has 2 rings (SSSR count). The van der Waals surface area contributed by atoms with Crippen molar-refractivity contribution < 1.29 is 13.5 Å². The monoisotopic (exact) mass is 264 g/mol. The van der Waals surface area contributed by atoms with Gasteiger partial charge >= 0.3 is 0 Å². The minimum absolute atomic E-state index is 0.174. The molecule has 2 aromatic carbocycles. The molecule has 6 heteroatoms. The number of phenols is 1. The van der Waals surface area contributed by atoms with Gasteiger partial charge in [-0.15, -0.1) is 0 Å². The van der Waals surface area contributed by atoms with Crippen molar-refractivity contribution in [2.75, 3.05) is 10.5 Å². The van der Waals surface area contributed by atoms with Gasteiger partial charge in [-0.05, 0) is 30.3 Å². The van der Waals surface area contributed by atoms with Gasteiger partial charge in [-0.1, -0.05) is 18.2 Å². The Labute approximate surface area is 105 Å². The number of para-hydroxylation sites is 1. The molecule has 18 heavy (non-hydrogen) atoms. The summed E-state index contributed by atoms with van der Waals surface area (Å²) in [6.07, 6.45) is 0. The van der Waals surface area contributed by atoms with Crippen LogP contribution in [0, 0.1) is 0 Å². The molecule has 94 valence electrons. The van der Waals surface area contributed by atoms with E-state index >= 15 is 0 Å². The normalized spacial score (nSPS) is 11.1. The van der Waals surface area contributed by atoms with E-state index in [9.17, 15) is 13.5 Å². The molecule has 0 heterocycles. The molecular weight excluding hydrogens is 252 g/mol. The van der Waals surface area contributed by atoms with Gasteiger partial charge in [-0.2, -0.15) is 0 Å². The Balaban J connectivity index is 2.37.